The topological polar surface area (TPSA) is 64.3 Å². The molecule has 0 radical (unpaired) electrons. The third-order valence-corrected chi connectivity index (χ3v) is 3.97. The van der Waals surface area contributed by atoms with Crippen LogP contribution in [-0.2, 0) is 6.54 Å². The van der Waals surface area contributed by atoms with Crippen molar-refractivity contribution in [3.63, 3.8) is 0 Å². The van der Waals surface area contributed by atoms with Crippen molar-refractivity contribution in [2.75, 3.05) is 5.32 Å². The summed E-state index contributed by atoms with van der Waals surface area (Å²) in [5.41, 5.74) is 2.68. The number of hydrogen-bond donors (Lipinski definition) is 1. The van der Waals surface area contributed by atoms with E-state index in [0.29, 0.717) is 29.1 Å². The Kier molecular flexibility index (Phi) is 4.56. The predicted molar refractivity (Wildman–Crippen MR) is 96.7 cm³/mol. The van der Waals surface area contributed by atoms with Crippen LogP contribution in [0, 0.1) is 0 Å². The third kappa shape index (κ3) is 4.03. The molecule has 0 aliphatic heterocycles. The number of hydrogen-bond acceptors (Lipinski definition) is 5. The second-order valence-electron chi connectivity index (χ2n) is 5.92. The molecule has 0 saturated carbocycles. The van der Waals surface area contributed by atoms with Crippen molar-refractivity contribution in [1.29, 1.82) is 0 Å². The fraction of sp³-hybridized carbons (Fsp3) is 0.105. The van der Waals surface area contributed by atoms with Gasteiger partial charge < -0.3 is 10.1 Å². The molecule has 4 aromatic rings. The molecule has 0 bridgehead atoms. The highest BCUT2D eigenvalue weighted by Crippen LogP contribution is 2.30. The lowest BCUT2D eigenvalue weighted by molar-refractivity contribution is -0.274. The van der Waals surface area contributed by atoms with Crippen molar-refractivity contribution in [1.82, 2.24) is 19.6 Å². The minimum absolute atomic E-state index is 0.295. The lowest BCUT2D eigenvalue weighted by Crippen LogP contribution is -2.17. The van der Waals surface area contributed by atoms with Crippen molar-refractivity contribution in [2.24, 2.45) is 0 Å². The monoisotopic (exact) mass is 385 g/mol. The standard InChI is InChI=1S/C19H14F3N5O/c20-19(21,22)28-15-3-1-2-14(10-15)16-12-25-27-9-6-17(26-18(16)27)24-11-13-4-7-23-8-5-13/h1-10,12H,11H2,(H,24,26). The van der Waals surface area contributed by atoms with Crippen LogP contribution in [0.2, 0.25) is 0 Å². The first-order chi connectivity index (χ1) is 13.5. The zero-order valence-electron chi connectivity index (χ0n) is 14.4. The molecule has 1 N–H and O–H groups in total. The van der Waals surface area contributed by atoms with Gasteiger partial charge in [0, 0.05) is 30.7 Å². The molecule has 0 aliphatic rings. The van der Waals surface area contributed by atoms with Gasteiger partial charge in [-0.25, -0.2) is 9.50 Å². The largest absolute Gasteiger partial charge is 0.573 e. The molecule has 9 heteroatoms. The number of rotatable bonds is 5. The van der Waals surface area contributed by atoms with Crippen LogP contribution in [-0.4, -0.2) is 25.9 Å². The fourth-order valence-corrected chi connectivity index (χ4v) is 2.72. The first kappa shape index (κ1) is 17.8. The highest BCUT2D eigenvalue weighted by Gasteiger charge is 2.31. The average Bonchev–Trinajstić information content (AvgIpc) is 3.09. The van der Waals surface area contributed by atoms with E-state index < -0.39 is 6.36 Å². The lowest BCUT2D eigenvalue weighted by atomic mass is 10.1. The highest BCUT2D eigenvalue weighted by atomic mass is 19.4. The van der Waals surface area contributed by atoms with E-state index in [4.69, 9.17) is 0 Å². The predicted octanol–water partition coefficient (Wildman–Crippen LogP) is 4.30. The normalized spacial score (nSPS) is 11.5. The van der Waals surface area contributed by atoms with Crippen molar-refractivity contribution < 1.29 is 17.9 Å². The van der Waals surface area contributed by atoms with Crippen LogP contribution in [0.25, 0.3) is 16.8 Å². The fourth-order valence-electron chi connectivity index (χ4n) is 2.72. The summed E-state index contributed by atoms with van der Waals surface area (Å²) in [5, 5.41) is 7.42. The number of fused-ring (bicyclic) bond motifs is 1. The highest BCUT2D eigenvalue weighted by molar-refractivity contribution is 5.78. The molecule has 0 aliphatic carbocycles. The Morgan fingerprint density at radius 1 is 1.07 bits per heavy atom. The van der Waals surface area contributed by atoms with E-state index in [2.05, 4.69) is 25.1 Å². The smallest absolute Gasteiger partial charge is 0.406 e. The van der Waals surface area contributed by atoms with Gasteiger partial charge in [-0.3, -0.25) is 4.98 Å². The maximum absolute atomic E-state index is 12.5. The van der Waals surface area contributed by atoms with E-state index in [-0.39, 0.29) is 5.75 Å². The Morgan fingerprint density at radius 3 is 2.68 bits per heavy atom. The van der Waals surface area contributed by atoms with Crippen LogP contribution in [0.4, 0.5) is 19.0 Å². The minimum atomic E-state index is -4.75. The Bertz CT molecular complexity index is 1100. The molecule has 0 fully saturated rings. The number of anilines is 1. The summed E-state index contributed by atoms with van der Waals surface area (Å²) in [6, 6.07) is 11.3. The number of ether oxygens (including phenoxy) is 1. The van der Waals surface area contributed by atoms with Gasteiger partial charge in [0.1, 0.15) is 11.6 Å². The van der Waals surface area contributed by atoms with Gasteiger partial charge in [-0.05, 0) is 41.5 Å². The van der Waals surface area contributed by atoms with Crippen LogP contribution in [0.3, 0.4) is 0 Å². The van der Waals surface area contributed by atoms with Crippen LogP contribution in [0.5, 0.6) is 5.75 Å². The number of pyridine rings is 1. The molecule has 3 aromatic heterocycles. The number of aromatic nitrogens is 4. The molecule has 4 rings (SSSR count). The molecule has 0 atom stereocenters. The van der Waals surface area contributed by atoms with Gasteiger partial charge in [0.2, 0.25) is 0 Å². The Morgan fingerprint density at radius 2 is 1.89 bits per heavy atom. The Hall–Kier alpha value is -3.62. The average molecular weight is 385 g/mol. The molecule has 28 heavy (non-hydrogen) atoms. The first-order valence-electron chi connectivity index (χ1n) is 8.31. The van der Waals surface area contributed by atoms with E-state index >= 15 is 0 Å². The van der Waals surface area contributed by atoms with Crippen molar-refractivity contribution >= 4 is 11.5 Å². The summed E-state index contributed by atoms with van der Waals surface area (Å²) < 4.78 is 43.0. The van der Waals surface area contributed by atoms with Gasteiger partial charge in [0.05, 0.1) is 6.20 Å². The van der Waals surface area contributed by atoms with Crippen molar-refractivity contribution in [2.45, 2.75) is 12.9 Å². The molecule has 0 unspecified atom stereocenters. The maximum atomic E-state index is 12.5. The molecule has 0 spiro atoms. The van der Waals surface area contributed by atoms with Gasteiger partial charge in [-0.2, -0.15) is 5.10 Å². The summed E-state index contributed by atoms with van der Waals surface area (Å²) in [4.78, 5) is 8.51. The van der Waals surface area contributed by atoms with Crippen LogP contribution >= 0.6 is 0 Å². The van der Waals surface area contributed by atoms with Gasteiger partial charge in [-0.1, -0.05) is 12.1 Å². The zero-order chi connectivity index (χ0) is 19.6. The number of nitrogens with zero attached hydrogens (tertiary/aromatic N) is 4. The molecule has 3 heterocycles. The molecular weight excluding hydrogens is 371 g/mol. The number of nitrogens with one attached hydrogen (secondary N) is 1. The summed E-state index contributed by atoms with van der Waals surface area (Å²) in [5.74, 6) is 0.324. The van der Waals surface area contributed by atoms with Gasteiger partial charge in [-0.15, -0.1) is 13.2 Å². The summed E-state index contributed by atoms with van der Waals surface area (Å²) >= 11 is 0. The van der Waals surface area contributed by atoms with Crippen molar-refractivity contribution in [3.8, 4) is 16.9 Å². The lowest BCUT2D eigenvalue weighted by Gasteiger charge is -2.10. The van der Waals surface area contributed by atoms with Crippen LogP contribution < -0.4 is 10.1 Å². The zero-order valence-corrected chi connectivity index (χ0v) is 14.4. The molecule has 142 valence electrons. The maximum Gasteiger partial charge on any atom is 0.573 e. The minimum Gasteiger partial charge on any atom is -0.406 e. The molecule has 1 aromatic carbocycles. The summed E-state index contributed by atoms with van der Waals surface area (Å²) in [7, 11) is 0. The molecular formula is C19H14F3N5O. The Balaban J connectivity index is 1.62. The first-order valence-corrected chi connectivity index (χ1v) is 8.31. The quantitative estimate of drug-likeness (QED) is 0.555. The van der Waals surface area contributed by atoms with Crippen LogP contribution in [0.15, 0.2) is 67.3 Å². The molecule has 6 nitrogen and oxygen atoms in total. The van der Waals surface area contributed by atoms with E-state index in [1.807, 2.05) is 12.1 Å². The SMILES string of the molecule is FC(F)(F)Oc1cccc(-c2cnn3ccc(NCc4ccncc4)nc23)c1. The summed E-state index contributed by atoms with van der Waals surface area (Å²) in [6.45, 7) is 0.560. The van der Waals surface area contributed by atoms with E-state index in [9.17, 15) is 13.2 Å². The van der Waals surface area contributed by atoms with E-state index in [1.54, 1.807) is 41.4 Å². The Labute approximate surface area is 157 Å². The molecule has 0 amide bonds. The third-order valence-electron chi connectivity index (χ3n) is 3.97. The second-order valence-corrected chi connectivity index (χ2v) is 5.92. The second kappa shape index (κ2) is 7.18. The van der Waals surface area contributed by atoms with E-state index in [0.717, 1.165) is 5.56 Å². The van der Waals surface area contributed by atoms with Crippen LogP contribution in [0.1, 0.15) is 5.56 Å². The van der Waals surface area contributed by atoms with Gasteiger partial charge in [0.25, 0.3) is 0 Å². The number of alkyl halides is 3. The van der Waals surface area contributed by atoms with Crippen molar-refractivity contribution in [3.05, 3.63) is 72.8 Å². The number of halogens is 3. The molecule has 0 saturated heterocycles. The van der Waals surface area contributed by atoms with E-state index in [1.165, 1.54) is 18.2 Å². The van der Waals surface area contributed by atoms with Gasteiger partial charge >= 0.3 is 6.36 Å². The number of benzene rings is 1. The summed E-state index contributed by atoms with van der Waals surface area (Å²) in [6.07, 6.45) is 1.96. The van der Waals surface area contributed by atoms with Gasteiger partial charge in [0.15, 0.2) is 5.65 Å².